The van der Waals surface area contributed by atoms with E-state index >= 15 is 0 Å². The largest absolute Gasteiger partial charge is 0.382 e. The molecule has 0 spiro atoms. The first-order valence-corrected chi connectivity index (χ1v) is 6.47. The molecule has 1 aromatic heterocycles. The van der Waals surface area contributed by atoms with Crippen molar-refractivity contribution in [3.63, 3.8) is 0 Å². The molecule has 1 saturated heterocycles. The van der Waals surface area contributed by atoms with Crippen LogP contribution in [-0.4, -0.2) is 21.2 Å². The lowest BCUT2D eigenvalue weighted by Crippen LogP contribution is -2.16. The van der Waals surface area contributed by atoms with Crippen LogP contribution in [0.3, 0.4) is 0 Å². The summed E-state index contributed by atoms with van der Waals surface area (Å²) in [6.07, 6.45) is 1.17. The zero-order valence-corrected chi connectivity index (χ0v) is 10.0. The molecule has 0 radical (unpaired) electrons. The molecule has 2 heterocycles. The van der Waals surface area contributed by atoms with Gasteiger partial charge < -0.3 is 11.6 Å². The van der Waals surface area contributed by atoms with Crippen LogP contribution in [0.4, 0.5) is 5.82 Å². The zero-order chi connectivity index (χ0) is 11.0. The van der Waals surface area contributed by atoms with Crippen molar-refractivity contribution < 1.29 is 0 Å². The minimum Gasteiger partial charge on any atom is -0.382 e. The van der Waals surface area contributed by atoms with Gasteiger partial charge >= 0.3 is 0 Å². The minimum atomic E-state index is 0.320. The van der Waals surface area contributed by atoms with Crippen molar-refractivity contribution in [2.45, 2.75) is 32.1 Å². The van der Waals surface area contributed by atoms with Crippen molar-refractivity contribution in [2.24, 2.45) is 0 Å². The molecule has 0 saturated carbocycles. The van der Waals surface area contributed by atoms with Gasteiger partial charge in [-0.1, -0.05) is 13.8 Å². The van der Waals surface area contributed by atoms with Crippen molar-refractivity contribution in [3.8, 4) is 0 Å². The average molecular weight is 226 g/mol. The molecule has 0 amide bonds. The van der Waals surface area contributed by atoms with Gasteiger partial charge in [-0.3, -0.25) is 0 Å². The van der Waals surface area contributed by atoms with Crippen LogP contribution in [0.5, 0.6) is 0 Å². The Labute approximate surface area is 94.4 Å². The maximum Gasteiger partial charge on any atom is 0.146 e. The molecule has 4 N–H and O–H groups in total. The van der Waals surface area contributed by atoms with Crippen LogP contribution in [0.15, 0.2) is 0 Å². The summed E-state index contributed by atoms with van der Waals surface area (Å²) in [6.45, 7) is 4.16. The second-order valence-electron chi connectivity index (χ2n) is 4.33. The molecule has 4 nitrogen and oxygen atoms in total. The number of aromatic nitrogens is 2. The topological polar surface area (TPSA) is 69.9 Å². The van der Waals surface area contributed by atoms with Gasteiger partial charge in [-0.2, -0.15) is 11.8 Å². The average Bonchev–Trinajstić information content (AvgIpc) is 2.77. The molecule has 84 valence electrons. The van der Waals surface area contributed by atoms with Gasteiger partial charge in [0.15, 0.2) is 0 Å². The van der Waals surface area contributed by atoms with E-state index in [1.54, 1.807) is 4.68 Å². The number of nitrogens with zero attached hydrogens (tertiary/aromatic N) is 2. The van der Waals surface area contributed by atoms with Gasteiger partial charge in [0.05, 0.1) is 5.69 Å². The van der Waals surface area contributed by atoms with Crippen LogP contribution in [0.25, 0.3) is 0 Å². The number of rotatable bonds is 2. The molecule has 0 bridgehead atoms. The molecule has 1 aliphatic heterocycles. The summed E-state index contributed by atoms with van der Waals surface area (Å²) in [5, 5.41) is 0. The first kappa shape index (κ1) is 10.7. The Hall–Kier alpha value is -0.840. The third-order valence-corrected chi connectivity index (χ3v) is 4.00. The van der Waals surface area contributed by atoms with Gasteiger partial charge in [0.1, 0.15) is 11.6 Å². The SMILES string of the molecule is CC(C)c1nc(C2CCSC2)c(N)n1N. The predicted molar refractivity (Wildman–Crippen MR) is 65.6 cm³/mol. The van der Waals surface area contributed by atoms with E-state index in [1.165, 1.54) is 12.2 Å². The third kappa shape index (κ3) is 1.80. The summed E-state index contributed by atoms with van der Waals surface area (Å²) in [4.78, 5) is 4.59. The van der Waals surface area contributed by atoms with Crippen molar-refractivity contribution in [2.75, 3.05) is 23.1 Å². The quantitative estimate of drug-likeness (QED) is 0.750. The first-order chi connectivity index (χ1) is 7.11. The molecular formula is C10H18N4S. The Morgan fingerprint density at radius 2 is 2.27 bits per heavy atom. The van der Waals surface area contributed by atoms with Gasteiger partial charge in [-0.05, 0) is 12.2 Å². The van der Waals surface area contributed by atoms with Crippen LogP contribution in [0, 0.1) is 0 Å². The van der Waals surface area contributed by atoms with E-state index in [-0.39, 0.29) is 0 Å². The number of nitrogens with two attached hydrogens (primary N) is 2. The smallest absolute Gasteiger partial charge is 0.146 e. The van der Waals surface area contributed by atoms with Crippen LogP contribution in [-0.2, 0) is 0 Å². The fourth-order valence-electron chi connectivity index (χ4n) is 1.94. The lowest BCUT2D eigenvalue weighted by molar-refractivity contribution is 0.722. The minimum absolute atomic E-state index is 0.320. The number of hydrogen-bond donors (Lipinski definition) is 2. The van der Waals surface area contributed by atoms with Crippen LogP contribution >= 0.6 is 11.8 Å². The third-order valence-electron chi connectivity index (χ3n) is 2.84. The molecule has 1 fully saturated rings. The molecule has 1 atom stereocenters. The second kappa shape index (κ2) is 3.96. The molecule has 0 aromatic carbocycles. The Kier molecular flexibility index (Phi) is 2.82. The van der Waals surface area contributed by atoms with Gasteiger partial charge in [-0.25, -0.2) is 9.66 Å². The van der Waals surface area contributed by atoms with Gasteiger partial charge in [0, 0.05) is 17.6 Å². The van der Waals surface area contributed by atoms with Crippen molar-refractivity contribution in [1.82, 2.24) is 9.66 Å². The molecule has 1 unspecified atom stereocenters. The first-order valence-electron chi connectivity index (χ1n) is 5.32. The van der Waals surface area contributed by atoms with Gasteiger partial charge in [0.25, 0.3) is 0 Å². The van der Waals surface area contributed by atoms with Crippen molar-refractivity contribution in [1.29, 1.82) is 0 Å². The van der Waals surface area contributed by atoms with Crippen LogP contribution in [0.1, 0.15) is 43.6 Å². The van der Waals surface area contributed by atoms with E-state index in [9.17, 15) is 0 Å². The molecule has 2 rings (SSSR count). The lowest BCUT2D eigenvalue weighted by Gasteiger charge is -2.05. The Balaban J connectivity index is 2.35. The van der Waals surface area contributed by atoms with E-state index in [0.29, 0.717) is 17.7 Å². The lowest BCUT2D eigenvalue weighted by atomic mass is 10.1. The monoisotopic (exact) mass is 226 g/mol. The summed E-state index contributed by atoms with van der Waals surface area (Å²) in [6, 6.07) is 0. The Morgan fingerprint density at radius 1 is 1.53 bits per heavy atom. The van der Waals surface area contributed by atoms with Gasteiger partial charge in [0.2, 0.25) is 0 Å². The summed E-state index contributed by atoms with van der Waals surface area (Å²) in [7, 11) is 0. The highest BCUT2D eigenvalue weighted by Gasteiger charge is 2.25. The summed E-state index contributed by atoms with van der Waals surface area (Å²) in [5.41, 5.74) is 6.99. The van der Waals surface area contributed by atoms with Crippen molar-refractivity contribution in [3.05, 3.63) is 11.5 Å². The summed E-state index contributed by atoms with van der Waals surface area (Å²) < 4.78 is 1.54. The molecular weight excluding hydrogens is 208 g/mol. The number of hydrogen-bond acceptors (Lipinski definition) is 4. The number of imidazole rings is 1. The van der Waals surface area contributed by atoms with E-state index in [2.05, 4.69) is 18.8 Å². The fourth-order valence-corrected chi connectivity index (χ4v) is 3.17. The number of thioether (sulfide) groups is 1. The highest BCUT2D eigenvalue weighted by molar-refractivity contribution is 7.99. The number of nitrogen functional groups attached to an aromatic ring is 2. The zero-order valence-electron chi connectivity index (χ0n) is 9.23. The molecule has 1 aromatic rings. The number of anilines is 1. The molecule has 5 heteroatoms. The van der Waals surface area contributed by atoms with E-state index in [0.717, 1.165) is 17.3 Å². The van der Waals surface area contributed by atoms with Crippen LogP contribution < -0.4 is 11.6 Å². The van der Waals surface area contributed by atoms with E-state index in [1.807, 2.05) is 11.8 Å². The van der Waals surface area contributed by atoms with E-state index in [4.69, 9.17) is 11.6 Å². The Bertz CT molecular complexity index is 353. The summed E-state index contributed by atoms with van der Waals surface area (Å²) in [5.74, 6) is 10.6. The normalized spacial score (nSPS) is 21.4. The highest BCUT2D eigenvalue weighted by Crippen LogP contribution is 2.35. The molecule has 0 aliphatic carbocycles. The van der Waals surface area contributed by atoms with Crippen LogP contribution in [0.2, 0.25) is 0 Å². The highest BCUT2D eigenvalue weighted by atomic mass is 32.2. The van der Waals surface area contributed by atoms with Gasteiger partial charge in [-0.15, -0.1) is 0 Å². The maximum absolute atomic E-state index is 5.99. The van der Waals surface area contributed by atoms with Crippen molar-refractivity contribution >= 4 is 17.6 Å². The predicted octanol–water partition coefficient (Wildman–Crippen LogP) is 1.52. The molecule has 15 heavy (non-hydrogen) atoms. The maximum atomic E-state index is 5.99. The Morgan fingerprint density at radius 3 is 2.73 bits per heavy atom. The standard InChI is InChI=1S/C10H18N4S/c1-6(2)10-13-8(9(11)14(10)12)7-3-4-15-5-7/h6-7H,3-5,11-12H2,1-2H3. The molecule has 1 aliphatic rings. The fraction of sp³-hybridized carbons (Fsp3) is 0.700. The van der Waals surface area contributed by atoms with E-state index < -0.39 is 0 Å². The second-order valence-corrected chi connectivity index (χ2v) is 5.48. The summed E-state index contributed by atoms with van der Waals surface area (Å²) >= 11 is 1.96.